The van der Waals surface area contributed by atoms with Gasteiger partial charge in [-0.2, -0.15) is 0 Å². The van der Waals surface area contributed by atoms with Crippen LogP contribution in [0.5, 0.6) is 0 Å². The zero-order chi connectivity index (χ0) is 28.1. The smallest absolute Gasteiger partial charge is 0.269 e. The number of carbonyl (C=O) groups excluding carboxylic acids is 2. The molecule has 2 saturated heterocycles. The monoisotopic (exact) mass is 544 g/mol. The van der Waals surface area contributed by atoms with Crippen molar-refractivity contribution in [3.8, 4) is 0 Å². The molecular weight excluding hydrogens is 511 g/mol. The zero-order valence-corrected chi connectivity index (χ0v) is 22.4. The van der Waals surface area contributed by atoms with Crippen LogP contribution in [-0.2, 0) is 11.2 Å². The number of piperidine rings is 1. The van der Waals surface area contributed by atoms with Crippen LogP contribution in [0, 0.1) is 15.9 Å². The largest absolute Gasteiger partial charge is 0.339 e. The SMILES string of the molecule is O=C(CCCN1CCC2(CC1)C(=O)N(CCc1ccc([N+](=O)[O-])cc1)CN2c1ccccc1)c1ccc(F)cc1. The number of rotatable bonds is 10. The van der Waals surface area contributed by atoms with Crippen LogP contribution in [0.15, 0.2) is 78.9 Å². The Morgan fingerprint density at radius 1 is 0.925 bits per heavy atom. The minimum atomic E-state index is -0.614. The van der Waals surface area contributed by atoms with Crippen LogP contribution in [0.25, 0.3) is 0 Å². The van der Waals surface area contributed by atoms with Gasteiger partial charge < -0.3 is 14.7 Å². The lowest BCUT2D eigenvalue weighted by molar-refractivity contribution is -0.384. The first-order valence-corrected chi connectivity index (χ1v) is 13.7. The number of nitro groups is 1. The van der Waals surface area contributed by atoms with Gasteiger partial charge in [-0.05, 0) is 74.2 Å². The molecule has 3 aromatic carbocycles. The van der Waals surface area contributed by atoms with Gasteiger partial charge in [0.05, 0.1) is 11.6 Å². The molecule has 0 N–H and O–H groups in total. The van der Waals surface area contributed by atoms with Crippen molar-refractivity contribution in [3.05, 3.63) is 106 Å². The Morgan fingerprint density at radius 2 is 1.60 bits per heavy atom. The number of para-hydroxylation sites is 1. The number of carbonyl (C=O) groups is 2. The van der Waals surface area contributed by atoms with Gasteiger partial charge in [0.1, 0.15) is 11.4 Å². The molecule has 2 fully saturated rings. The van der Waals surface area contributed by atoms with Gasteiger partial charge in [0.25, 0.3) is 5.69 Å². The summed E-state index contributed by atoms with van der Waals surface area (Å²) in [6.45, 7) is 3.33. The molecule has 0 atom stereocenters. The van der Waals surface area contributed by atoms with Crippen LogP contribution in [-0.4, -0.2) is 64.8 Å². The van der Waals surface area contributed by atoms with E-state index in [-0.39, 0.29) is 23.2 Å². The molecule has 9 heteroatoms. The average molecular weight is 545 g/mol. The van der Waals surface area contributed by atoms with Crippen molar-refractivity contribution < 1.29 is 18.9 Å². The van der Waals surface area contributed by atoms with Crippen LogP contribution in [0.3, 0.4) is 0 Å². The van der Waals surface area contributed by atoms with E-state index < -0.39 is 10.5 Å². The van der Waals surface area contributed by atoms with Crippen LogP contribution in [0.1, 0.15) is 41.6 Å². The number of Topliss-reactive ketones (excluding diaryl/α,β-unsaturated/α-hetero) is 1. The Labute approximate surface area is 233 Å². The van der Waals surface area contributed by atoms with Crippen LogP contribution < -0.4 is 4.90 Å². The summed E-state index contributed by atoms with van der Waals surface area (Å²) in [5, 5.41) is 11.0. The van der Waals surface area contributed by atoms with Crippen LogP contribution in [0.4, 0.5) is 15.8 Å². The van der Waals surface area contributed by atoms with E-state index >= 15 is 0 Å². The van der Waals surface area contributed by atoms with Gasteiger partial charge in [-0.1, -0.05) is 30.3 Å². The van der Waals surface area contributed by atoms with Gasteiger partial charge in [-0.15, -0.1) is 0 Å². The van der Waals surface area contributed by atoms with Crippen LogP contribution >= 0.6 is 0 Å². The Bertz CT molecular complexity index is 1340. The number of hydrogen-bond acceptors (Lipinski definition) is 6. The van der Waals surface area contributed by atoms with Crippen molar-refractivity contribution in [2.45, 2.75) is 37.6 Å². The van der Waals surface area contributed by atoms with Crippen molar-refractivity contribution in [3.63, 3.8) is 0 Å². The molecule has 2 aliphatic heterocycles. The number of hydrogen-bond donors (Lipinski definition) is 0. The highest BCUT2D eigenvalue weighted by Gasteiger charge is 2.53. The number of amides is 1. The second-order valence-electron chi connectivity index (χ2n) is 10.6. The lowest BCUT2D eigenvalue weighted by Gasteiger charge is -2.43. The number of halogens is 1. The van der Waals surface area contributed by atoms with Gasteiger partial charge in [0.2, 0.25) is 5.91 Å². The normalized spacial score (nSPS) is 17.0. The number of non-ortho nitro benzene ring substituents is 1. The van der Waals surface area contributed by atoms with E-state index in [4.69, 9.17) is 0 Å². The summed E-state index contributed by atoms with van der Waals surface area (Å²) in [6.07, 6.45) is 3.12. The molecule has 8 nitrogen and oxygen atoms in total. The molecule has 0 bridgehead atoms. The van der Waals surface area contributed by atoms with Crippen molar-refractivity contribution in [1.29, 1.82) is 0 Å². The first kappa shape index (κ1) is 27.5. The van der Waals surface area contributed by atoms with E-state index in [2.05, 4.69) is 9.80 Å². The second-order valence-corrected chi connectivity index (χ2v) is 10.6. The molecule has 3 aromatic rings. The summed E-state index contributed by atoms with van der Waals surface area (Å²) >= 11 is 0. The van der Waals surface area contributed by atoms with Gasteiger partial charge >= 0.3 is 0 Å². The fourth-order valence-electron chi connectivity index (χ4n) is 5.81. The summed E-state index contributed by atoms with van der Waals surface area (Å²) in [5.41, 5.74) is 1.95. The van der Waals surface area contributed by atoms with Crippen molar-refractivity contribution in [1.82, 2.24) is 9.80 Å². The molecule has 40 heavy (non-hydrogen) atoms. The zero-order valence-electron chi connectivity index (χ0n) is 22.4. The Hall–Kier alpha value is -4.11. The third-order valence-corrected chi connectivity index (χ3v) is 8.13. The van der Waals surface area contributed by atoms with Crippen molar-refractivity contribution >= 4 is 23.1 Å². The molecule has 0 radical (unpaired) electrons. The first-order valence-electron chi connectivity index (χ1n) is 13.7. The van der Waals surface area contributed by atoms with Gasteiger partial charge in [0.15, 0.2) is 5.78 Å². The van der Waals surface area contributed by atoms with Gasteiger partial charge in [-0.3, -0.25) is 19.7 Å². The number of nitrogens with zero attached hydrogens (tertiary/aromatic N) is 4. The first-order chi connectivity index (χ1) is 19.4. The van der Waals surface area contributed by atoms with Crippen LogP contribution in [0.2, 0.25) is 0 Å². The molecule has 0 unspecified atom stereocenters. The minimum absolute atomic E-state index is 0.0124. The fraction of sp³-hybridized carbons (Fsp3) is 0.355. The Balaban J connectivity index is 1.21. The standard InChI is InChI=1S/C31H33FN4O4/c32-26-12-10-25(11-13-26)29(37)7-4-19-33-21-17-31(18-22-33)30(38)34(23-35(31)27-5-2-1-3-6-27)20-16-24-8-14-28(15-9-24)36(39)40/h1-3,5-6,8-15H,4,7,16-23H2. The maximum Gasteiger partial charge on any atom is 0.269 e. The van der Waals surface area contributed by atoms with E-state index in [1.54, 1.807) is 12.1 Å². The highest BCUT2D eigenvalue weighted by atomic mass is 19.1. The summed E-state index contributed by atoms with van der Waals surface area (Å²) < 4.78 is 13.1. The molecule has 0 saturated carbocycles. The fourth-order valence-corrected chi connectivity index (χ4v) is 5.81. The average Bonchev–Trinajstić information content (AvgIpc) is 3.24. The number of likely N-dealkylation sites (tertiary alicyclic amines) is 1. The molecule has 2 aliphatic rings. The summed E-state index contributed by atoms with van der Waals surface area (Å²) in [6, 6.07) is 22.2. The Morgan fingerprint density at radius 3 is 2.25 bits per heavy atom. The molecule has 1 amide bonds. The van der Waals surface area contributed by atoms with E-state index in [0.717, 1.165) is 30.9 Å². The van der Waals surface area contributed by atoms with E-state index in [1.807, 2.05) is 35.2 Å². The predicted molar refractivity (Wildman–Crippen MR) is 151 cm³/mol. The topological polar surface area (TPSA) is 87.0 Å². The maximum atomic E-state index is 13.9. The number of nitro benzene ring substituents is 1. The van der Waals surface area contributed by atoms with E-state index in [0.29, 0.717) is 50.9 Å². The maximum absolute atomic E-state index is 13.9. The molecule has 208 valence electrons. The lowest BCUT2D eigenvalue weighted by Crippen LogP contribution is -2.56. The predicted octanol–water partition coefficient (Wildman–Crippen LogP) is 5.08. The third kappa shape index (κ3) is 5.89. The Kier molecular flexibility index (Phi) is 8.21. The van der Waals surface area contributed by atoms with Gasteiger partial charge in [-0.25, -0.2) is 4.39 Å². The highest BCUT2D eigenvalue weighted by Crippen LogP contribution is 2.39. The molecule has 0 aliphatic carbocycles. The van der Waals surface area contributed by atoms with Crippen molar-refractivity contribution in [2.24, 2.45) is 0 Å². The third-order valence-electron chi connectivity index (χ3n) is 8.13. The molecular formula is C31H33FN4O4. The number of anilines is 1. The molecule has 1 spiro atoms. The molecule has 5 rings (SSSR count). The van der Waals surface area contributed by atoms with Crippen molar-refractivity contribution in [2.75, 3.05) is 37.7 Å². The van der Waals surface area contributed by atoms with Gasteiger partial charge in [0, 0.05) is 49.4 Å². The molecule has 0 aromatic heterocycles. The number of benzene rings is 3. The second kappa shape index (κ2) is 12.0. The van der Waals surface area contributed by atoms with E-state index in [1.165, 1.54) is 36.4 Å². The quantitative estimate of drug-likeness (QED) is 0.201. The minimum Gasteiger partial charge on any atom is -0.339 e. The molecule has 2 heterocycles. The highest BCUT2D eigenvalue weighted by molar-refractivity contribution is 5.96. The van der Waals surface area contributed by atoms with E-state index in [9.17, 15) is 24.1 Å². The summed E-state index contributed by atoms with van der Waals surface area (Å²) in [7, 11) is 0. The number of ketones is 1. The lowest BCUT2D eigenvalue weighted by atomic mass is 9.85. The summed E-state index contributed by atoms with van der Waals surface area (Å²) in [5.74, 6) is -0.211. The summed E-state index contributed by atoms with van der Waals surface area (Å²) in [4.78, 5) is 43.4.